The second-order valence-electron chi connectivity index (χ2n) is 6.51. The van der Waals surface area contributed by atoms with E-state index in [2.05, 4.69) is 15.5 Å². The molecule has 0 saturated carbocycles. The Morgan fingerprint density at radius 1 is 1.00 bits per heavy atom. The second kappa shape index (κ2) is 10.5. The Morgan fingerprint density at radius 3 is 2.00 bits per heavy atom. The molecule has 28 heavy (non-hydrogen) atoms. The molecule has 1 heterocycles. The van der Waals surface area contributed by atoms with Gasteiger partial charge in [-0.2, -0.15) is 15.0 Å². The van der Waals surface area contributed by atoms with Crippen molar-refractivity contribution in [1.82, 2.24) is 20.3 Å². The summed E-state index contributed by atoms with van der Waals surface area (Å²) in [7, 11) is 0. The fourth-order valence-electron chi connectivity index (χ4n) is 2.71. The topological polar surface area (TPSA) is 87.5 Å². The number of benzene rings is 1. The smallest absolute Gasteiger partial charge is 0.251 e. The summed E-state index contributed by atoms with van der Waals surface area (Å²) in [5.41, 5.74) is 0.453. The van der Waals surface area contributed by atoms with E-state index in [-0.39, 0.29) is 17.9 Å². The lowest BCUT2D eigenvalue weighted by Gasteiger charge is -2.22. The summed E-state index contributed by atoms with van der Waals surface area (Å²) < 4.78 is 17.1. The Morgan fingerprint density at radius 2 is 1.54 bits per heavy atom. The van der Waals surface area contributed by atoms with Crippen LogP contribution in [-0.4, -0.2) is 46.8 Å². The highest BCUT2D eigenvalue weighted by atomic mass is 16.5. The quantitative estimate of drug-likeness (QED) is 0.635. The van der Waals surface area contributed by atoms with Crippen LogP contribution in [0.15, 0.2) is 24.5 Å². The maximum absolute atomic E-state index is 13.0. The van der Waals surface area contributed by atoms with Crippen LogP contribution in [-0.2, 0) is 6.54 Å². The normalized spacial score (nSPS) is 11.9. The van der Waals surface area contributed by atoms with Crippen LogP contribution >= 0.6 is 0 Å². The fraction of sp³-hybridized carbons (Fsp3) is 0.550. The molecule has 154 valence electrons. The first-order valence-corrected chi connectivity index (χ1v) is 9.71. The molecule has 0 aliphatic heterocycles. The van der Waals surface area contributed by atoms with Gasteiger partial charge in [-0.25, -0.2) is 0 Å². The van der Waals surface area contributed by atoms with Crippen molar-refractivity contribution in [3.05, 3.63) is 30.1 Å². The lowest BCUT2D eigenvalue weighted by atomic mass is 10.0. The van der Waals surface area contributed by atoms with Crippen LogP contribution in [0.3, 0.4) is 0 Å². The van der Waals surface area contributed by atoms with Crippen molar-refractivity contribution in [3.63, 3.8) is 0 Å². The van der Waals surface area contributed by atoms with E-state index in [1.165, 1.54) is 0 Å². The zero-order valence-electron chi connectivity index (χ0n) is 17.3. The largest absolute Gasteiger partial charge is 0.490 e. The number of nitrogens with one attached hydrogen (secondary N) is 1. The van der Waals surface area contributed by atoms with Gasteiger partial charge < -0.3 is 19.5 Å². The number of nitrogens with zero attached hydrogens (tertiary/aromatic N) is 3. The zero-order chi connectivity index (χ0) is 20.5. The Kier molecular flexibility index (Phi) is 8.10. The van der Waals surface area contributed by atoms with E-state index >= 15 is 0 Å². The molecule has 1 aromatic heterocycles. The van der Waals surface area contributed by atoms with Crippen molar-refractivity contribution in [1.29, 1.82) is 0 Å². The van der Waals surface area contributed by atoms with Gasteiger partial charge in [-0.3, -0.25) is 4.79 Å². The molecule has 0 aliphatic carbocycles. The number of ether oxygens (including phenoxy) is 3. The number of hydrogen-bond acceptors (Lipinski definition) is 6. The van der Waals surface area contributed by atoms with Crippen LogP contribution in [0.4, 0.5) is 0 Å². The van der Waals surface area contributed by atoms with Crippen molar-refractivity contribution in [2.45, 2.75) is 47.2 Å². The van der Waals surface area contributed by atoms with Gasteiger partial charge in [0.25, 0.3) is 5.91 Å². The van der Waals surface area contributed by atoms with E-state index in [4.69, 9.17) is 14.2 Å². The molecule has 1 amide bonds. The first-order chi connectivity index (χ1) is 13.5. The molecule has 1 aromatic carbocycles. The highest BCUT2D eigenvalue weighted by Gasteiger charge is 2.22. The summed E-state index contributed by atoms with van der Waals surface area (Å²) in [5.74, 6) is 1.50. The molecule has 0 bridgehead atoms. The van der Waals surface area contributed by atoms with Gasteiger partial charge in [0.15, 0.2) is 11.5 Å². The summed E-state index contributed by atoms with van der Waals surface area (Å²) in [6, 6.07) is 3.25. The Bertz CT molecular complexity index is 720. The predicted octanol–water partition coefficient (Wildman–Crippen LogP) is 2.93. The highest BCUT2D eigenvalue weighted by molar-refractivity contribution is 5.95. The third-order valence-electron chi connectivity index (χ3n) is 4.12. The van der Waals surface area contributed by atoms with E-state index < -0.39 is 0 Å². The van der Waals surface area contributed by atoms with Gasteiger partial charge in [0.2, 0.25) is 5.75 Å². The van der Waals surface area contributed by atoms with Crippen molar-refractivity contribution in [2.75, 3.05) is 19.8 Å². The SMILES string of the molecule is CCOc1cc(C(=O)NC(Cn2nccn2)C(C)C)cc(OCC)c1OCC. The van der Waals surface area contributed by atoms with Crippen LogP contribution in [0.5, 0.6) is 17.2 Å². The first kappa shape index (κ1) is 21.5. The fourth-order valence-corrected chi connectivity index (χ4v) is 2.71. The molecule has 0 radical (unpaired) electrons. The average Bonchev–Trinajstić information content (AvgIpc) is 3.17. The highest BCUT2D eigenvalue weighted by Crippen LogP contribution is 2.39. The molecule has 1 atom stereocenters. The minimum atomic E-state index is -0.212. The first-order valence-electron chi connectivity index (χ1n) is 9.71. The Hall–Kier alpha value is -2.77. The van der Waals surface area contributed by atoms with E-state index in [1.54, 1.807) is 29.3 Å². The number of hydrogen-bond donors (Lipinski definition) is 1. The van der Waals surface area contributed by atoms with E-state index in [1.807, 2.05) is 34.6 Å². The molecule has 2 rings (SSSR count). The summed E-state index contributed by atoms with van der Waals surface area (Å²) in [5, 5.41) is 11.3. The van der Waals surface area contributed by atoms with Crippen molar-refractivity contribution in [2.24, 2.45) is 5.92 Å². The van der Waals surface area contributed by atoms with Gasteiger partial charge in [-0.05, 0) is 38.8 Å². The second-order valence-corrected chi connectivity index (χ2v) is 6.51. The number of carbonyl (C=O) groups excluding carboxylic acids is 1. The van der Waals surface area contributed by atoms with Crippen molar-refractivity contribution >= 4 is 5.91 Å². The number of rotatable bonds is 11. The summed E-state index contributed by atoms with van der Waals surface area (Å²) in [6.07, 6.45) is 3.24. The van der Waals surface area contributed by atoms with Crippen LogP contribution < -0.4 is 19.5 Å². The molecular weight excluding hydrogens is 360 g/mol. The maximum atomic E-state index is 13.0. The molecule has 0 aliphatic rings. The van der Waals surface area contributed by atoms with Gasteiger partial charge in [-0.1, -0.05) is 13.8 Å². The Labute approximate surface area is 166 Å². The lowest BCUT2D eigenvalue weighted by Crippen LogP contribution is -2.42. The molecule has 2 aromatic rings. The number of amides is 1. The standard InChI is InChI=1S/C20H30N4O4/c1-6-26-17-11-15(12-18(27-7-2)19(17)28-8-3)20(25)23-16(14(4)5)13-24-21-9-10-22-24/h9-12,14,16H,6-8,13H2,1-5H3,(H,23,25). The molecule has 0 fully saturated rings. The molecule has 0 spiro atoms. The van der Waals surface area contributed by atoms with Gasteiger partial charge >= 0.3 is 0 Å². The number of carbonyl (C=O) groups is 1. The third-order valence-corrected chi connectivity index (χ3v) is 4.12. The summed E-state index contributed by atoms with van der Waals surface area (Å²) in [4.78, 5) is 14.5. The molecule has 1 unspecified atom stereocenters. The van der Waals surface area contributed by atoms with Gasteiger partial charge in [0, 0.05) is 5.56 Å². The van der Waals surface area contributed by atoms with Crippen LogP contribution in [0.25, 0.3) is 0 Å². The van der Waals surface area contributed by atoms with Crippen LogP contribution in [0, 0.1) is 5.92 Å². The minimum Gasteiger partial charge on any atom is -0.490 e. The minimum absolute atomic E-state index is 0.127. The van der Waals surface area contributed by atoms with Gasteiger partial charge in [0.1, 0.15) is 0 Å². The number of aromatic nitrogens is 3. The maximum Gasteiger partial charge on any atom is 0.251 e. The molecule has 8 heteroatoms. The molecular formula is C20H30N4O4. The van der Waals surface area contributed by atoms with Gasteiger partial charge in [-0.15, -0.1) is 0 Å². The van der Waals surface area contributed by atoms with Crippen LogP contribution in [0.2, 0.25) is 0 Å². The lowest BCUT2D eigenvalue weighted by molar-refractivity contribution is 0.0916. The molecule has 8 nitrogen and oxygen atoms in total. The predicted molar refractivity (Wildman–Crippen MR) is 106 cm³/mol. The molecule has 0 saturated heterocycles. The summed E-state index contributed by atoms with van der Waals surface area (Å²) >= 11 is 0. The van der Waals surface area contributed by atoms with Crippen molar-refractivity contribution < 1.29 is 19.0 Å². The van der Waals surface area contributed by atoms with E-state index in [0.717, 1.165) is 0 Å². The van der Waals surface area contributed by atoms with Gasteiger partial charge in [0.05, 0.1) is 44.8 Å². The van der Waals surface area contributed by atoms with E-state index in [9.17, 15) is 4.79 Å². The van der Waals surface area contributed by atoms with E-state index in [0.29, 0.717) is 49.2 Å². The molecule has 1 N–H and O–H groups in total. The monoisotopic (exact) mass is 390 g/mol. The zero-order valence-corrected chi connectivity index (χ0v) is 17.3. The van der Waals surface area contributed by atoms with Crippen molar-refractivity contribution in [3.8, 4) is 17.2 Å². The summed E-state index contributed by atoms with van der Waals surface area (Å²) in [6.45, 7) is 11.6. The van der Waals surface area contributed by atoms with Crippen LogP contribution in [0.1, 0.15) is 45.0 Å². The third kappa shape index (κ3) is 5.61. The Balaban J connectivity index is 2.29. The average molecular weight is 390 g/mol.